The van der Waals surface area contributed by atoms with E-state index in [0.717, 1.165) is 0 Å². The molecule has 0 unspecified atom stereocenters. The third-order valence-electron chi connectivity index (χ3n) is 4.42. The molecule has 0 spiro atoms. The average Bonchev–Trinajstić information content (AvgIpc) is 3.11. The molecule has 8 nitrogen and oxygen atoms in total. The molecule has 1 amide bonds. The van der Waals surface area contributed by atoms with Crippen molar-refractivity contribution in [2.75, 3.05) is 13.1 Å². The summed E-state index contributed by atoms with van der Waals surface area (Å²) in [6.07, 6.45) is 2.45. The van der Waals surface area contributed by atoms with Gasteiger partial charge in [0.1, 0.15) is 12.1 Å². The lowest BCUT2D eigenvalue weighted by molar-refractivity contribution is -0.148. The lowest BCUT2D eigenvalue weighted by Gasteiger charge is -2.27. The number of sulfonamides is 1. The molecule has 1 aromatic carbocycles. The minimum atomic E-state index is -3.89. The molecule has 2 rings (SSSR count). The number of unbranched alkanes of at least 4 members (excludes halogenated alkanes) is 1. The summed E-state index contributed by atoms with van der Waals surface area (Å²) >= 11 is 0. The van der Waals surface area contributed by atoms with Crippen LogP contribution in [0.2, 0.25) is 0 Å². The van der Waals surface area contributed by atoms with Gasteiger partial charge < -0.3 is 15.7 Å². The largest absolute Gasteiger partial charge is 0.480 e. The SMILES string of the molecule is NCCCC[C@H](NS(=O)(=O)c1ccccc1)C(=O)N1CCC[C@H]1C(=O)O. The first-order valence-electron chi connectivity index (χ1n) is 8.67. The van der Waals surface area contributed by atoms with Crippen LogP contribution in [0.5, 0.6) is 0 Å². The molecule has 2 atom stereocenters. The fourth-order valence-electron chi connectivity index (χ4n) is 3.07. The van der Waals surface area contributed by atoms with Crippen molar-refractivity contribution in [1.82, 2.24) is 9.62 Å². The number of benzene rings is 1. The summed E-state index contributed by atoms with van der Waals surface area (Å²) in [5.41, 5.74) is 5.48. The van der Waals surface area contributed by atoms with Crippen LogP contribution in [0.3, 0.4) is 0 Å². The molecule has 1 saturated heterocycles. The summed E-state index contributed by atoms with van der Waals surface area (Å²) in [4.78, 5) is 25.6. The fourth-order valence-corrected chi connectivity index (χ4v) is 4.31. The second kappa shape index (κ2) is 9.11. The van der Waals surface area contributed by atoms with Crippen LogP contribution in [0.25, 0.3) is 0 Å². The molecule has 0 aliphatic carbocycles. The van der Waals surface area contributed by atoms with E-state index in [0.29, 0.717) is 38.8 Å². The molecule has 0 bridgehead atoms. The van der Waals surface area contributed by atoms with E-state index in [1.807, 2.05) is 0 Å². The van der Waals surface area contributed by atoms with Crippen LogP contribution >= 0.6 is 0 Å². The van der Waals surface area contributed by atoms with Crippen molar-refractivity contribution in [3.63, 3.8) is 0 Å². The number of carboxylic acids is 1. The van der Waals surface area contributed by atoms with Gasteiger partial charge in [-0.3, -0.25) is 4.79 Å². The van der Waals surface area contributed by atoms with Crippen LogP contribution in [0.15, 0.2) is 35.2 Å². The Morgan fingerprint density at radius 1 is 1.27 bits per heavy atom. The third kappa shape index (κ3) is 5.03. The molecule has 0 radical (unpaired) electrons. The highest BCUT2D eigenvalue weighted by molar-refractivity contribution is 7.89. The molecular weight excluding hydrogens is 358 g/mol. The Balaban J connectivity index is 2.20. The average molecular weight is 383 g/mol. The molecule has 0 aromatic heterocycles. The molecule has 4 N–H and O–H groups in total. The maximum absolute atomic E-state index is 12.9. The summed E-state index contributed by atoms with van der Waals surface area (Å²) in [5.74, 6) is -1.56. The Morgan fingerprint density at radius 3 is 2.58 bits per heavy atom. The summed E-state index contributed by atoms with van der Waals surface area (Å²) in [6, 6.07) is 5.87. The zero-order chi connectivity index (χ0) is 19.2. The molecule has 144 valence electrons. The van der Waals surface area contributed by atoms with E-state index in [9.17, 15) is 23.1 Å². The molecule has 1 fully saturated rings. The standard InChI is InChI=1S/C17H25N3O5S/c18-11-5-4-9-14(16(21)20-12-6-10-15(20)17(22)23)19-26(24,25)13-7-2-1-3-8-13/h1-3,7-8,14-15,19H,4-6,9-12,18H2,(H,22,23)/t14-,15-/m0/s1. The molecule has 9 heteroatoms. The quantitative estimate of drug-likeness (QED) is 0.534. The maximum Gasteiger partial charge on any atom is 0.326 e. The number of nitrogens with zero attached hydrogens (tertiary/aromatic N) is 1. The van der Waals surface area contributed by atoms with Gasteiger partial charge in [-0.15, -0.1) is 0 Å². The fraction of sp³-hybridized carbons (Fsp3) is 0.529. The Labute approximate surface area is 153 Å². The Bertz CT molecular complexity index is 723. The minimum absolute atomic E-state index is 0.0628. The highest BCUT2D eigenvalue weighted by Crippen LogP contribution is 2.21. The highest BCUT2D eigenvalue weighted by atomic mass is 32.2. The van der Waals surface area contributed by atoms with Gasteiger partial charge in [0.2, 0.25) is 15.9 Å². The van der Waals surface area contributed by atoms with Gasteiger partial charge in [-0.05, 0) is 44.4 Å². The highest BCUT2D eigenvalue weighted by Gasteiger charge is 2.38. The van der Waals surface area contributed by atoms with E-state index in [1.54, 1.807) is 18.2 Å². The van der Waals surface area contributed by atoms with Gasteiger partial charge in [-0.2, -0.15) is 4.72 Å². The van der Waals surface area contributed by atoms with Gasteiger partial charge in [0, 0.05) is 6.54 Å². The van der Waals surface area contributed by atoms with Gasteiger partial charge in [-0.25, -0.2) is 13.2 Å². The number of carbonyl (C=O) groups is 2. The first-order valence-corrected chi connectivity index (χ1v) is 10.2. The van der Waals surface area contributed by atoms with Crippen LogP contribution < -0.4 is 10.5 Å². The number of carbonyl (C=O) groups excluding carboxylic acids is 1. The van der Waals surface area contributed by atoms with E-state index in [-0.39, 0.29) is 11.3 Å². The number of hydrogen-bond donors (Lipinski definition) is 3. The van der Waals surface area contributed by atoms with Gasteiger partial charge in [-0.1, -0.05) is 24.6 Å². The predicted molar refractivity (Wildman–Crippen MR) is 95.8 cm³/mol. The second-order valence-corrected chi connectivity index (χ2v) is 8.01. The van der Waals surface area contributed by atoms with E-state index in [1.165, 1.54) is 17.0 Å². The van der Waals surface area contributed by atoms with Crippen molar-refractivity contribution in [1.29, 1.82) is 0 Å². The Hall–Kier alpha value is -1.97. The lowest BCUT2D eigenvalue weighted by Crippen LogP contribution is -2.51. The monoisotopic (exact) mass is 383 g/mol. The topological polar surface area (TPSA) is 130 Å². The van der Waals surface area contributed by atoms with Crippen LogP contribution in [-0.4, -0.2) is 55.5 Å². The summed E-state index contributed by atoms with van der Waals surface area (Å²) in [7, 11) is -3.89. The summed E-state index contributed by atoms with van der Waals surface area (Å²) in [5, 5.41) is 9.29. The van der Waals surface area contributed by atoms with Gasteiger partial charge in [0.25, 0.3) is 0 Å². The number of rotatable bonds is 9. The van der Waals surface area contributed by atoms with Crippen molar-refractivity contribution in [2.45, 2.75) is 49.1 Å². The van der Waals surface area contributed by atoms with Crippen molar-refractivity contribution in [3.8, 4) is 0 Å². The minimum Gasteiger partial charge on any atom is -0.480 e. The van der Waals surface area contributed by atoms with E-state index < -0.39 is 34.0 Å². The first-order chi connectivity index (χ1) is 12.4. The number of carboxylic acid groups (broad SMARTS) is 1. The van der Waals surface area contributed by atoms with Crippen molar-refractivity contribution >= 4 is 21.9 Å². The van der Waals surface area contributed by atoms with Gasteiger partial charge >= 0.3 is 5.97 Å². The summed E-state index contributed by atoms with van der Waals surface area (Å²) in [6.45, 7) is 0.754. The smallest absolute Gasteiger partial charge is 0.326 e. The van der Waals surface area contributed by atoms with E-state index >= 15 is 0 Å². The van der Waals surface area contributed by atoms with E-state index in [4.69, 9.17) is 5.73 Å². The first kappa shape index (κ1) is 20.3. The molecule has 1 aliphatic rings. The molecule has 1 aliphatic heterocycles. The van der Waals surface area contributed by atoms with Crippen molar-refractivity contribution < 1.29 is 23.1 Å². The number of likely N-dealkylation sites (tertiary alicyclic amines) is 1. The van der Waals surface area contributed by atoms with E-state index in [2.05, 4.69) is 4.72 Å². The Morgan fingerprint density at radius 2 is 1.96 bits per heavy atom. The maximum atomic E-state index is 12.9. The zero-order valence-electron chi connectivity index (χ0n) is 14.5. The van der Waals surface area contributed by atoms with Gasteiger partial charge in [0.15, 0.2) is 0 Å². The lowest BCUT2D eigenvalue weighted by atomic mass is 10.1. The number of hydrogen-bond acceptors (Lipinski definition) is 5. The molecule has 1 aromatic rings. The summed E-state index contributed by atoms with van der Waals surface area (Å²) < 4.78 is 27.6. The van der Waals surface area contributed by atoms with Crippen LogP contribution in [0.1, 0.15) is 32.1 Å². The number of nitrogens with two attached hydrogens (primary N) is 1. The van der Waals surface area contributed by atoms with Crippen molar-refractivity contribution in [2.24, 2.45) is 5.73 Å². The van der Waals surface area contributed by atoms with Gasteiger partial charge in [0.05, 0.1) is 4.90 Å². The van der Waals surface area contributed by atoms with Crippen LogP contribution in [0, 0.1) is 0 Å². The zero-order valence-corrected chi connectivity index (χ0v) is 15.3. The number of nitrogens with one attached hydrogen (secondary N) is 1. The second-order valence-electron chi connectivity index (χ2n) is 6.30. The molecular formula is C17H25N3O5S. The normalized spacial score (nSPS) is 18.7. The molecule has 0 saturated carbocycles. The molecule has 1 heterocycles. The number of aliphatic carboxylic acids is 1. The molecule has 26 heavy (non-hydrogen) atoms. The predicted octanol–water partition coefficient (Wildman–Crippen LogP) is 0.538. The Kier molecular flexibility index (Phi) is 7.13. The number of amides is 1. The third-order valence-corrected chi connectivity index (χ3v) is 5.90. The van der Waals surface area contributed by atoms with Crippen LogP contribution in [0.4, 0.5) is 0 Å². The van der Waals surface area contributed by atoms with Crippen LogP contribution in [-0.2, 0) is 19.6 Å². The van der Waals surface area contributed by atoms with Crippen molar-refractivity contribution in [3.05, 3.63) is 30.3 Å².